The number of fused-ring (bicyclic) bond motifs is 1. The van der Waals surface area contributed by atoms with Crippen molar-refractivity contribution in [2.75, 3.05) is 6.26 Å². The molecule has 0 unspecified atom stereocenters. The molecule has 166 valence electrons. The number of nitrogens with one attached hydrogen (secondary N) is 1. The first-order valence-corrected chi connectivity index (χ1v) is 13.0. The van der Waals surface area contributed by atoms with E-state index >= 15 is 0 Å². The van der Waals surface area contributed by atoms with E-state index in [9.17, 15) is 13.2 Å². The Morgan fingerprint density at radius 3 is 2.44 bits per heavy atom. The summed E-state index contributed by atoms with van der Waals surface area (Å²) in [5.74, 6) is -0.177. The van der Waals surface area contributed by atoms with Gasteiger partial charge in [0.1, 0.15) is 4.83 Å². The van der Waals surface area contributed by atoms with Gasteiger partial charge in [-0.1, -0.05) is 35.9 Å². The van der Waals surface area contributed by atoms with Crippen molar-refractivity contribution >= 4 is 48.9 Å². The summed E-state index contributed by atoms with van der Waals surface area (Å²) in [6.45, 7) is 4.39. The third-order valence-corrected chi connectivity index (χ3v) is 7.76. The van der Waals surface area contributed by atoms with Crippen LogP contribution in [0.4, 0.5) is 0 Å². The van der Waals surface area contributed by atoms with E-state index in [0.29, 0.717) is 16.4 Å². The molecule has 0 spiro atoms. The lowest BCUT2D eigenvalue weighted by Gasteiger charge is -2.14. The van der Waals surface area contributed by atoms with Gasteiger partial charge in [-0.05, 0) is 55.3 Å². The van der Waals surface area contributed by atoms with Crippen molar-refractivity contribution in [3.05, 3.63) is 81.3 Å². The molecule has 2 aromatic carbocycles. The van der Waals surface area contributed by atoms with E-state index in [1.165, 1.54) is 17.6 Å². The monoisotopic (exact) mass is 487 g/mol. The summed E-state index contributed by atoms with van der Waals surface area (Å²) in [7, 11) is -3.25. The largest absolute Gasteiger partial charge is 0.345 e. The summed E-state index contributed by atoms with van der Waals surface area (Å²) in [6.07, 6.45) is 1.17. The molecule has 0 aliphatic heterocycles. The van der Waals surface area contributed by atoms with Gasteiger partial charge in [0, 0.05) is 16.7 Å². The van der Waals surface area contributed by atoms with Crippen LogP contribution in [0.25, 0.3) is 10.2 Å². The number of nitrogens with zero attached hydrogens (tertiary/aromatic N) is 2. The minimum absolute atomic E-state index is 0.177. The third kappa shape index (κ3) is 4.72. The number of rotatable bonds is 6. The number of benzene rings is 2. The van der Waals surface area contributed by atoms with Crippen LogP contribution in [-0.2, 0) is 16.4 Å². The maximum atomic E-state index is 12.9. The average molecular weight is 488 g/mol. The molecular formula is C23H22ClN3O3S2. The molecule has 2 aromatic heterocycles. The van der Waals surface area contributed by atoms with Crippen molar-refractivity contribution in [2.24, 2.45) is 0 Å². The second kappa shape index (κ2) is 8.69. The first-order chi connectivity index (χ1) is 15.1. The molecule has 0 saturated heterocycles. The number of hydrogen-bond acceptors (Lipinski definition) is 5. The smallest absolute Gasteiger partial charge is 0.261 e. The van der Waals surface area contributed by atoms with Crippen LogP contribution >= 0.6 is 22.9 Å². The number of aromatic nitrogens is 2. The van der Waals surface area contributed by atoms with Crippen molar-refractivity contribution < 1.29 is 13.2 Å². The fraction of sp³-hybridized carbons (Fsp3) is 0.217. The van der Waals surface area contributed by atoms with E-state index in [1.54, 1.807) is 24.3 Å². The zero-order valence-electron chi connectivity index (χ0n) is 17.8. The molecular weight excluding hydrogens is 466 g/mol. The average Bonchev–Trinajstić information content (AvgIpc) is 3.30. The van der Waals surface area contributed by atoms with E-state index in [2.05, 4.69) is 10.4 Å². The summed E-state index contributed by atoms with van der Waals surface area (Å²) >= 11 is 7.38. The number of sulfone groups is 1. The van der Waals surface area contributed by atoms with Crippen molar-refractivity contribution in [1.29, 1.82) is 0 Å². The zero-order valence-corrected chi connectivity index (χ0v) is 20.2. The molecule has 1 atom stereocenters. The van der Waals surface area contributed by atoms with E-state index in [4.69, 9.17) is 11.6 Å². The van der Waals surface area contributed by atoms with Gasteiger partial charge in [-0.25, -0.2) is 8.42 Å². The molecule has 1 N–H and O–H groups in total. The second-order valence-corrected chi connectivity index (χ2v) is 11.2. The van der Waals surface area contributed by atoms with Crippen LogP contribution in [0.1, 0.15) is 39.5 Å². The van der Waals surface area contributed by atoms with Crippen LogP contribution in [0.3, 0.4) is 0 Å². The molecule has 32 heavy (non-hydrogen) atoms. The summed E-state index contributed by atoms with van der Waals surface area (Å²) < 4.78 is 25.2. The molecule has 0 aliphatic rings. The van der Waals surface area contributed by atoms with Crippen LogP contribution in [-0.4, -0.2) is 30.4 Å². The van der Waals surface area contributed by atoms with Gasteiger partial charge in [-0.2, -0.15) is 5.10 Å². The third-order valence-electron chi connectivity index (χ3n) is 5.23. The predicted molar refractivity (Wildman–Crippen MR) is 128 cm³/mol. The molecule has 2 heterocycles. The number of aryl methyl sites for hydroxylation is 1. The van der Waals surface area contributed by atoms with Crippen molar-refractivity contribution in [3.63, 3.8) is 0 Å². The lowest BCUT2D eigenvalue weighted by molar-refractivity contribution is 0.0944. The van der Waals surface area contributed by atoms with Gasteiger partial charge >= 0.3 is 0 Å². The molecule has 1 amide bonds. The van der Waals surface area contributed by atoms with Gasteiger partial charge in [0.2, 0.25) is 0 Å². The molecule has 6 nitrogen and oxygen atoms in total. The summed E-state index contributed by atoms with van der Waals surface area (Å²) in [4.78, 5) is 14.7. The maximum Gasteiger partial charge on any atom is 0.261 e. The van der Waals surface area contributed by atoms with Crippen LogP contribution < -0.4 is 5.32 Å². The van der Waals surface area contributed by atoms with Crippen LogP contribution in [0, 0.1) is 6.92 Å². The zero-order chi connectivity index (χ0) is 23.0. The Hall–Kier alpha value is -2.68. The highest BCUT2D eigenvalue weighted by Crippen LogP contribution is 2.29. The van der Waals surface area contributed by atoms with Gasteiger partial charge in [0.25, 0.3) is 5.91 Å². The number of carbonyl (C=O) groups is 1. The van der Waals surface area contributed by atoms with E-state index in [-0.39, 0.29) is 16.8 Å². The number of halogens is 1. The van der Waals surface area contributed by atoms with E-state index in [1.807, 2.05) is 48.9 Å². The molecule has 4 aromatic rings. The van der Waals surface area contributed by atoms with Crippen molar-refractivity contribution in [1.82, 2.24) is 15.1 Å². The summed E-state index contributed by atoms with van der Waals surface area (Å²) in [5, 5.41) is 9.26. The lowest BCUT2D eigenvalue weighted by Crippen LogP contribution is -2.25. The van der Waals surface area contributed by atoms with E-state index in [0.717, 1.165) is 27.0 Å². The number of thiophene rings is 1. The molecule has 9 heteroatoms. The van der Waals surface area contributed by atoms with Crippen molar-refractivity contribution in [3.8, 4) is 0 Å². The Kier molecular flexibility index (Phi) is 6.11. The minimum atomic E-state index is -3.25. The maximum absolute atomic E-state index is 12.9. The highest BCUT2D eigenvalue weighted by Gasteiger charge is 2.19. The molecule has 0 bridgehead atoms. The Bertz CT molecular complexity index is 1390. The fourth-order valence-electron chi connectivity index (χ4n) is 3.45. The highest BCUT2D eigenvalue weighted by molar-refractivity contribution is 7.90. The van der Waals surface area contributed by atoms with Crippen molar-refractivity contribution in [2.45, 2.75) is 31.3 Å². The predicted octanol–water partition coefficient (Wildman–Crippen LogP) is 5.00. The fourth-order valence-corrected chi connectivity index (χ4v) is 5.27. The first kappa shape index (κ1) is 22.5. The van der Waals surface area contributed by atoms with Gasteiger partial charge < -0.3 is 5.32 Å². The molecule has 0 aliphatic carbocycles. The van der Waals surface area contributed by atoms with Crippen LogP contribution in [0.15, 0.2) is 59.5 Å². The van der Waals surface area contributed by atoms with E-state index < -0.39 is 9.84 Å². The SMILES string of the molecule is Cc1nn(Cc2ccc(Cl)cc2)c2sc(C(=O)N[C@@H](C)c3ccc(S(C)(=O)=O)cc3)cc12. The Morgan fingerprint density at radius 2 is 1.81 bits per heavy atom. The number of carbonyl (C=O) groups excluding carboxylic acids is 1. The van der Waals surface area contributed by atoms with Crippen LogP contribution in [0.2, 0.25) is 5.02 Å². The van der Waals surface area contributed by atoms with Gasteiger partial charge in [-0.3, -0.25) is 9.48 Å². The standard InChI is InChI=1S/C23H22ClN3O3S2/c1-14(17-6-10-19(11-7-17)32(3,29)30)25-22(28)21-12-20-15(2)26-27(23(20)31-21)13-16-4-8-18(24)9-5-16/h4-12,14H,13H2,1-3H3,(H,25,28)/t14-/m0/s1. The molecule has 4 rings (SSSR count). The molecule has 0 fully saturated rings. The summed E-state index contributed by atoms with van der Waals surface area (Å²) in [5.41, 5.74) is 2.77. The van der Waals surface area contributed by atoms with Gasteiger partial charge in [0.05, 0.1) is 28.1 Å². The molecule has 0 radical (unpaired) electrons. The Morgan fingerprint density at radius 1 is 1.16 bits per heavy atom. The number of amides is 1. The summed E-state index contributed by atoms with van der Waals surface area (Å²) in [6, 6.07) is 15.8. The Balaban J connectivity index is 1.53. The van der Waals surface area contributed by atoms with Gasteiger partial charge in [-0.15, -0.1) is 11.3 Å². The number of hydrogen-bond donors (Lipinski definition) is 1. The topological polar surface area (TPSA) is 81.1 Å². The second-order valence-electron chi connectivity index (χ2n) is 7.74. The minimum Gasteiger partial charge on any atom is -0.345 e. The normalized spacial score (nSPS) is 12.8. The van der Waals surface area contributed by atoms with Gasteiger partial charge in [0.15, 0.2) is 9.84 Å². The first-order valence-electron chi connectivity index (χ1n) is 9.94. The Labute approximate surface area is 195 Å². The molecule has 0 saturated carbocycles. The van der Waals surface area contributed by atoms with Crippen LogP contribution in [0.5, 0.6) is 0 Å². The highest BCUT2D eigenvalue weighted by atomic mass is 35.5. The quantitative estimate of drug-likeness (QED) is 0.415. The lowest BCUT2D eigenvalue weighted by atomic mass is 10.1.